The Bertz CT molecular complexity index is 820. The monoisotopic (exact) mass is 382 g/mol. The number of hydrogen-bond donors (Lipinski definition) is 0. The van der Waals surface area contributed by atoms with Gasteiger partial charge in [0.2, 0.25) is 0 Å². The molecule has 1 aromatic heterocycles. The van der Waals surface area contributed by atoms with Gasteiger partial charge in [0.1, 0.15) is 5.76 Å². The van der Waals surface area contributed by atoms with Gasteiger partial charge in [0.05, 0.1) is 24.2 Å². The molecular weight excluding hydrogens is 359 g/mol. The number of benzene rings is 1. The van der Waals surface area contributed by atoms with E-state index in [1.165, 1.54) is 48.9 Å². The zero-order chi connectivity index (χ0) is 19.3. The lowest BCUT2D eigenvalue weighted by atomic mass is 9.97. The minimum absolute atomic E-state index is 0.779. The van der Waals surface area contributed by atoms with E-state index in [0.717, 1.165) is 37.4 Å². The normalized spacial score (nSPS) is 17.0. The Morgan fingerprint density at radius 3 is 2.15 bits per heavy atom. The van der Waals surface area contributed by atoms with Crippen molar-refractivity contribution in [2.75, 3.05) is 13.1 Å². The number of fused-ring (bicyclic) bond motifs is 1. The molecule has 8 heteroatoms. The summed E-state index contributed by atoms with van der Waals surface area (Å²) in [7, 11) is -6.00. The number of piperidine rings is 1. The van der Waals surface area contributed by atoms with E-state index in [1.54, 1.807) is 0 Å². The quantitative estimate of drug-likeness (QED) is 0.414. The molecule has 2 aliphatic rings. The smallest absolute Gasteiger partial charge is 0.424 e. The van der Waals surface area contributed by atoms with Crippen molar-refractivity contribution in [1.29, 1.82) is 0 Å². The van der Waals surface area contributed by atoms with Gasteiger partial charge in [-0.2, -0.15) is 0 Å². The second-order valence-corrected chi connectivity index (χ2v) is 6.86. The average molecular weight is 382 g/mol. The summed E-state index contributed by atoms with van der Waals surface area (Å²) >= 11 is 0. The molecule has 2 aromatic rings. The third-order valence-corrected chi connectivity index (χ3v) is 4.79. The number of nitrogens with zero attached hydrogens (tertiary/aromatic N) is 2. The second-order valence-electron chi connectivity index (χ2n) is 6.86. The highest BCUT2D eigenvalue weighted by Gasteiger charge is 2.24. The van der Waals surface area contributed by atoms with Crippen LogP contribution in [0.5, 0.6) is 0 Å². The number of aromatic nitrogens is 1. The average Bonchev–Trinajstić information content (AvgIpc) is 2.67. The number of rotatable bonds is 1. The van der Waals surface area contributed by atoms with E-state index in [4.69, 9.17) is 9.40 Å². The molecule has 146 valence electrons. The molecule has 1 fully saturated rings. The first-order chi connectivity index (χ1) is 12.9. The lowest BCUT2D eigenvalue weighted by molar-refractivity contribution is 0.368. The molecule has 0 saturated carbocycles. The maximum absolute atomic E-state index is 9.75. The Kier molecular flexibility index (Phi) is 6.34. The molecule has 1 aliphatic carbocycles. The summed E-state index contributed by atoms with van der Waals surface area (Å²) in [5, 5.41) is 0. The fourth-order valence-corrected chi connectivity index (χ4v) is 3.60. The largest absolute Gasteiger partial charge is 0.673 e. The first-order valence-corrected chi connectivity index (χ1v) is 9.45. The van der Waals surface area contributed by atoms with Gasteiger partial charge in [-0.15, -0.1) is 0 Å². The molecule has 2 heterocycles. The summed E-state index contributed by atoms with van der Waals surface area (Å²) in [6, 6.07) is 10.3. The van der Waals surface area contributed by atoms with Gasteiger partial charge in [-0.3, -0.25) is 4.58 Å². The van der Waals surface area contributed by atoms with Gasteiger partial charge in [0.25, 0.3) is 0 Å². The van der Waals surface area contributed by atoms with E-state index < -0.39 is 7.25 Å². The van der Waals surface area contributed by atoms with E-state index in [9.17, 15) is 17.3 Å². The van der Waals surface area contributed by atoms with E-state index in [0.29, 0.717) is 0 Å². The van der Waals surface area contributed by atoms with Crippen molar-refractivity contribution < 1.29 is 21.7 Å². The highest BCUT2D eigenvalue weighted by atomic mass is 19.5. The molecule has 0 radical (unpaired) electrons. The van der Waals surface area contributed by atoms with Crippen LogP contribution in [0.15, 0.2) is 34.7 Å². The van der Waals surface area contributed by atoms with E-state index in [2.05, 4.69) is 16.7 Å². The maximum atomic E-state index is 9.75. The third-order valence-electron chi connectivity index (χ3n) is 4.79. The van der Waals surface area contributed by atoms with E-state index in [-0.39, 0.29) is 0 Å². The van der Waals surface area contributed by atoms with Crippen molar-refractivity contribution in [2.24, 2.45) is 0 Å². The molecule has 0 bridgehead atoms. The Labute approximate surface area is 155 Å². The van der Waals surface area contributed by atoms with Crippen LogP contribution in [0.1, 0.15) is 43.4 Å². The standard InChI is InChI=1S/C19H23N2O.BF4/c1-3-9-15(10-4-1)19-20-18(21-13-7-2-8-14-21)16-11-5-6-12-17(16)22-19;2-1(3,4)5/h1,3-4,9-10H,2,5-8,11-14H2;/q+1;-1. The molecule has 0 unspecified atom stereocenters. The molecule has 0 amide bonds. The summed E-state index contributed by atoms with van der Waals surface area (Å²) in [6.07, 6.45) is 8.57. The van der Waals surface area contributed by atoms with Crippen molar-refractivity contribution in [2.45, 2.75) is 44.9 Å². The fraction of sp³-hybridized carbons (Fsp3) is 0.474. The Hall–Kier alpha value is -2.12. The number of hydrogen-bond acceptors (Lipinski definition) is 2. The van der Waals surface area contributed by atoms with Crippen LogP contribution in [-0.2, 0) is 12.8 Å². The van der Waals surface area contributed by atoms with Crippen LogP contribution in [0.3, 0.4) is 0 Å². The van der Waals surface area contributed by atoms with Crippen LogP contribution in [0, 0.1) is 0 Å². The van der Waals surface area contributed by atoms with Crippen LogP contribution >= 0.6 is 0 Å². The Morgan fingerprint density at radius 1 is 0.852 bits per heavy atom. The summed E-state index contributed by atoms with van der Waals surface area (Å²) in [6.45, 7) is 2.27. The summed E-state index contributed by atoms with van der Waals surface area (Å²) < 4.78 is 47.7. The zero-order valence-electron chi connectivity index (χ0n) is 15.1. The van der Waals surface area contributed by atoms with Crippen LogP contribution in [0.4, 0.5) is 17.3 Å². The van der Waals surface area contributed by atoms with Crippen molar-refractivity contribution in [3.63, 3.8) is 0 Å². The van der Waals surface area contributed by atoms with Crippen molar-refractivity contribution in [1.82, 2.24) is 9.56 Å². The molecule has 0 atom stereocenters. The predicted molar refractivity (Wildman–Crippen MR) is 97.6 cm³/mol. The summed E-state index contributed by atoms with van der Waals surface area (Å²) in [5.74, 6) is 1.95. The van der Waals surface area contributed by atoms with E-state index in [1.807, 2.05) is 18.2 Å². The molecule has 4 rings (SSSR count). The topological polar surface area (TPSA) is 29.0 Å². The van der Waals surface area contributed by atoms with Crippen molar-refractivity contribution >= 4 is 7.25 Å². The Balaban J connectivity index is 0.000000376. The van der Waals surface area contributed by atoms with Crippen LogP contribution in [0.2, 0.25) is 0 Å². The molecular formula is C19H23BF4N2O. The molecule has 27 heavy (non-hydrogen) atoms. The van der Waals surface area contributed by atoms with Gasteiger partial charge in [0.15, 0.2) is 0 Å². The predicted octanol–water partition coefficient (Wildman–Crippen LogP) is 4.48. The molecule has 1 aromatic carbocycles. The summed E-state index contributed by atoms with van der Waals surface area (Å²) in [4.78, 5) is 4.94. The van der Waals surface area contributed by atoms with Gasteiger partial charge in [-0.25, -0.2) is 0 Å². The first kappa shape index (κ1) is 19.6. The Morgan fingerprint density at radius 2 is 1.48 bits per heavy atom. The number of aryl methyl sites for hydroxylation is 1. The summed E-state index contributed by atoms with van der Waals surface area (Å²) in [5.41, 5.74) is 3.64. The van der Waals surface area contributed by atoms with Gasteiger partial charge in [-0.1, -0.05) is 18.2 Å². The van der Waals surface area contributed by atoms with Crippen molar-refractivity contribution in [3.8, 4) is 11.5 Å². The molecule has 0 N–H and O–H groups in total. The molecule has 1 aliphatic heterocycles. The SMILES string of the molecule is F[B-](F)(F)F.c1ccc(-c2nc(=[N+]3CCCCC3)c3c(o2)CCCC3)cc1. The molecule has 3 nitrogen and oxygen atoms in total. The molecule has 0 spiro atoms. The number of halogens is 4. The fourth-order valence-electron chi connectivity index (χ4n) is 3.60. The minimum atomic E-state index is -6.00. The van der Waals surface area contributed by atoms with Crippen LogP contribution < -0.4 is 10.1 Å². The lowest BCUT2D eigenvalue weighted by Crippen LogP contribution is -2.40. The minimum Gasteiger partial charge on any atom is -0.424 e. The second kappa shape index (κ2) is 8.72. The third kappa shape index (κ3) is 5.68. The van der Waals surface area contributed by atoms with Gasteiger partial charge >= 0.3 is 18.6 Å². The van der Waals surface area contributed by atoms with Gasteiger partial charge in [0, 0.05) is 6.42 Å². The first-order valence-electron chi connectivity index (χ1n) is 9.45. The maximum Gasteiger partial charge on any atom is 0.673 e. The van der Waals surface area contributed by atoms with Gasteiger partial charge < -0.3 is 21.7 Å². The van der Waals surface area contributed by atoms with Crippen LogP contribution in [0.25, 0.3) is 11.5 Å². The zero-order valence-corrected chi connectivity index (χ0v) is 15.1. The highest BCUT2D eigenvalue weighted by Crippen LogP contribution is 2.23. The lowest BCUT2D eigenvalue weighted by Gasteiger charge is -2.16. The van der Waals surface area contributed by atoms with Crippen LogP contribution in [-0.4, -0.2) is 25.3 Å². The van der Waals surface area contributed by atoms with E-state index >= 15 is 0 Å². The highest BCUT2D eigenvalue weighted by molar-refractivity contribution is 6.50. The molecule has 1 saturated heterocycles. The van der Waals surface area contributed by atoms with Crippen molar-refractivity contribution in [3.05, 3.63) is 47.1 Å². The van der Waals surface area contributed by atoms with Gasteiger partial charge in [-0.05, 0) is 55.6 Å².